The minimum absolute atomic E-state index is 0.194. The predicted octanol–water partition coefficient (Wildman–Crippen LogP) is -3.60. The Morgan fingerprint density at radius 1 is 0.963 bits per heavy atom. The van der Waals surface area contributed by atoms with Crippen molar-refractivity contribution in [2.75, 3.05) is 13.2 Å². The Morgan fingerprint density at radius 2 is 1.52 bits per heavy atom. The third-order valence-corrected chi connectivity index (χ3v) is 3.56. The largest absolute Gasteiger partial charge is 0.480 e. The average molecular weight is 389 g/mol. The Labute approximate surface area is 156 Å². The van der Waals surface area contributed by atoms with Crippen LogP contribution in [0.2, 0.25) is 0 Å². The molecule has 0 radical (unpaired) electrons. The molecule has 0 aliphatic carbocycles. The summed E-state index contributed by atoms with van der Waals surface area (Å²) in [5.41, 5.74) is 10.2. The number of aliphatic hydroxyl groups excluding tert-OH is 1. The number of primary amides is 1. The van der Waals surface area contributed by atoms with Crippen LogP contribution in [0.4, 0.5) is 0 Å². The highest BCUT2D eigenvalue weighted by atomic mass is 16.4. The number of carboxylic acids is 1. The van der Waals surface area contributed by atoms with Gasteiger partial charge in [0.2, 0.25) is 23.6 Å². The minimum Gasteiger partial charge on any atom is -0.480 e. The quantitative estimate of drug-likeness (QED) is 0.176. The normalized spacial score (nSPS) is 14.0. The number of carbonyl (C=O) groups is 5. The molecule has 3 unspecified atom stereocenters. The van der Waals surface area contributed by atoms with E-state index in [4.69, 9.17) is 16.6 Å². The highest BCUT2D eigenvalue weighted by Crippen LogP contribution is 2.05. The topological polar surface area (TPSA) is 214 Å². The van der Waals surface area contributed by atoms with Crippen molar-refractivity contribution < 1.29 is 34.2 Å². The summed E-state index contributed by atoms with van der Waals surface area (Å²) in [5, 5.41) is 25.1. The molecule has 0 fully saturated rings. The van der Waals surface area contributed by atoms with Crippen molar-refractivity contribution in [1.82, 2.24) is 16.0 Å². The summed E-state index contributed by atoms with van der Waals surface area (Å²) in [6.07, 6.45) is -0.447. The van der Waals surface area contributed by atoms with Crippen molar-refractivity contribution in [3.05, 3.63) is 0 Å². The molecule has 0 bridgehead atoms. The fourth-order valence-corrected chi connectivity index (χ4v) is 2.04. The number of nitrogens with one attached hydrogen (secondary N) is 3. The maximum atomic E-state index is 12.4. The molecule has 4 amide bonds. The van der Waals surface area contributed by atoms with Crippen LogP contribution in [0.3, 0.4) is 0 Å². The number of amides is 4. The second kappa shape index (κ2) is 11.8. The van der Waals surface area contributed by atoms with Gasteiger partial charge in [0.1, 0.15) is 18.1 Å². The van der Waals surface area contributed by atoms with Gasteiger partial charge >= 0.3 is 5.97 Å². The van der Waals surface area contributed by atoms with Crippen molar-refractivity contribution in [2.24, 2.45) is 17.4 Å². The van der Waals surface area contributed by atoms with Crippen LogP contribution in [-0.4, -0.2) is 71.1 Å². The van der Waals surface area contributed by atoms with Gasteiger partial charge in [0, 0.05) is 6.42 Å². The zero-order valence-electron chi connectivity index (χ0n) is 15.2. The lowest BCUT2D eigenvalue weighted by atomic mass is 10.0. The van der Waals surface area contributed by atoms with E-state index in [9.17, 15) is 29.1 Å². The molecule has 0 saturated heterocycles. The van der Waals surface area contributed by atoms with Crippen molar-refractivity contribution in [3.63, 3.8) is 0 Å². The van der Waals surface area contributed by atoms with Gasteiger partial charge < -0.3 is 37.6 Å². The molecule has 9 N–H and O–H groups in total. The van der Waals surface area contributed by atoms with E-state index < -0.39 is 66.8 Å². The lowest BCUT2D eigenvalue weighted by Gasteiger charge is -2.24. The maximum Gasteiger partial charge on any atom is 0.326 e. The Bertz CT molecular complexity index is 567. The van der Waals surface area contributed by atoms with Gasteiger partial charge in [-0.05, 0) is 12.3 Å². The molecule has 3 atom stereocenters. The average Bonchev–Trinajstić information content (AvgIpc) is 2.59. The summed E-state index contributed by atoms with van der Waals surface area (Å²) >= 11 is 0. The van der Waals surface area contributed by atoms with Gasteiger partial charge in [-0.3, -0.25) is 19.2 Å². The van der Waals surface area contributed by atoms with Gasteiger partial charge in [-0.25, -0.2) is 4.79 Å². The monoisotopic (exact) mass is 389 g/mol. The molecular weight excluding hydrogens is 362 g/mol. The van der Waals surface area contributed by atoms with Gasteiger partial charge in [0.15, 0.2) is 0 Å². The van der Waals surface area contributed by atoms with Gasteiger partial charge in [-0.15, -0.1) is 0 Å². The number of rotatable bonds is 12. The van der Waals surface area contributed by atoms with Crippen LogP contribution < -0.4 is 27.4 Å². The lowest BCUT2D eigenvalue weighted by Crippen LogP contribution is -2.57. The summed E-state index contributed by atoms with van der Waals surface area (Å²) in [7, 11) is 0. The van der Waals surface area contributed by atoms with E-state index in [-0.39, 0.29) is 12.8 Å². The number of hydrogen-bond acceptors (Lipinski definition) is 7. The Hall–Kier alpha value is -2.73. The third kappa shape index (κ3) is 8.96. The second-order valence-corrected chi connectivity index (χ2v) is 6.14. The first kappa shape index (κ1) is 24.3. The molecule has 0 heterocycles. The van der Waals surface area contributed by atoms with E-state index in [0.29, 0.717) is 0 Å². The minimum atomic E-state index is -1.37. The molecule has 0 rings (SSSR count). The van der Waals surface area contributed by atoms with E-state index in [1.165, 1.54) is 0 Å². The Kier molecular flexibility index (Phi) is 10.6. The number of nitrogens with two attached hydrogens (primary N) is 2. The molecule has 12 nitrogen and oxygen atoms in total. The molecule has 0 aliphatic heterocycles. The van der Waals surface area contributed by atoms with Crippen LogP contribution in [0.25, 0.3) is 0 Å². The highest BCUT2D eigenvalue weighted by molar-refractivity contribution is 5.94. The Morgan fingerprint density at radius 3 is 1.93 bits per heavy atom. The van der Waals surface area contributed by atoms with Crippen LogP contribution in [0.5, 0.6) is 0 Å². The standard InChI is InChI=1S/C15H27N5O7/c1-7(2)12(15(26)27)20-13(24)8(3-4-10(17)22)19-14(25)9(6-21)18-11(23)5-16/h7-9,12,21H,3-6,16H2,1-2H3,(H2,17,22)(H,18,23)(H,19,25)(H,20,24)(H,26,27). The first-order valence-electron chi connectivity index (χ1n) is 8.25. The van der Waals surface area contributed by atoms with E-state index in [0.717, 1.165) is 0 Å². The van der Waals surface area contributed by atoms with Crippen LogP contribution in [-0.2, 0) is 24.0 Å². The zero-order valence-corrected chi connectivity index (χ0v) is 15.2. The van der Waals surface area contributed by atoms with Crippen molar-refractivity contribution in [1.29, 1.82) is 0 Å². The van der Waals surface area contributed by atoms with Crippen molar-refractivity contribution >= 4 is 29.6 Å². The number of carbonyl (C=O) groups excluding carboxylic acids is 4. The van der Waals surface area contributed by atoms with Crippen molar-refractivity contribution in [3.8, 4) is 0 Å². The first-order valence-corrected chi connectivity index (χ1v) is 8.25. The molecule has 0 aromatic rings. The molecule has 0 aromatic heterocycles. The van der Waals surface area contributed by atoms with E-state index in [1.54, 1.807) is 13.8 Å². The Balaban J connectivity index is 5.24. The number of hydrogen-bond donors (Lipinski definition) is 7. The summed E-state index contributed by atoms with van der Waals surface area (Å²) in [6.45, 7) is 2.00. The van der Waals surface area contributed by atoms with Gasteiger partial charge in [0.25, 0.3) is 0 Å². The number of aliphatic hydroxyl groups is 1. The molecular formula is C15H27N5O7. The molecule has 0 saturated carbocycles. The van der Waals surface area contributed by atoms with Crippen LogP contribution in [0.1, 0.15) is 26.7 Å². The van der Waals surface area contributed by atoms with E-state index >= 15 is 0 Å². The molecule has 0 spiro atoms. The fraction of sp³-hybridized carbons (Fsp3) is 0.667. The maximum absolute atomic E-state index is 12.4. The molecule has 0 aromatic carbocycles. The smallest absolute Gasteiger partial charge is 0.326 e. The second-order valence-electron chi connectivity index (χ2n) is 6.14. The zero-order chi connectivity index (χ0) is 21.1. The van der Waals surface area contributed by atoms with Crippen LogP contribution in [0.15, 0.2) is 0 Å². The van der Waals surface area contributed by atoms with Gasteiger partial charge in [-0.2, -0.15) is 0 Å². The summed E-state index contributed by atoms with van der Waals surface area (Å²) in [5.74, 6) is -4.87. The van der Waals surface area contributed by atoms with Gasteiger partial charge in [-0.1, -0.05) is 13.8 Å². The molecule has 12 heteroatoms. The van der Waals surface area contributed by atoms with E-state index in [1.807, 2.05) is 0 Å². The van der Waals surface area contributed by atoms with Crippen LogP contribution >= 0.6 is 0 Å². The fourth-order valence-electron chi connectivity index (χ4n) is 2.04. The predicted molar refractivity (Wildman–Crippen MR) is 92.8 cm³/mol. The lowest BCUT2D eigenvalue weighted by molar-refractivity contribution is -0.143. The summed E-state index contributed by atoms with van der Waals surface area (Å²) in [6, 6.07) is -3.88. The van der Waals surface area contributed by atoms with E-state index in [2.05, 4.69) is 16.0 Å². The summed E-state index contributed by atoms with van der Waals surface area (Å²) < 4.78 is 0. The molecule has 154 valence electrons. The van der Waals surface area contributed by atoms with Crippen LogP contribution in [0, 0.1) is 5.92 Å². The number of aliphatic carboxylic acids is 1. The summed E-state index contributed by atoms with van der Waals surface area (Å²) in [4.78, 5) is 58.1. The third-order valence-electron chi connectivity index (χ3n) is 3.56. The highest BCUT2D eigenvalue weighted by Gasteiger charge is 2.30. The molecule has 0 aliphatic rings. The van der Waals surface area contributed by atoms with Crippen molar-refractivity contribution in [2.45, 2.75) is 44.8 Å². The SMILES string of the molecule is CC(C)C(NC(=O)C(CCC(N)=O)NC(=O)C(CO)NC(=O)CN)C(=O)O. The molecule has 27 heavy (non-hydrogen) atoms. The van der Waals surface area contributed by atoms with Gasteiger partial charge in [0.05, 0.1) is 13.2 Å². The number of carboxylic acid groups (broad SMARTS) is 1. The first-order chi connectivity index (χ1) is 12.5.